The Morgan fingerprint density at radius 1 is 0.929 bits per heavy atom. The monoisotopic (exact) mass is 470 g/mol. The molecule has 0 aliphatic carbocycles. The minimum Gasteiger partial charge on any atom is -0.406 e. The molecule has 1 heterocycles. The van der Waals surface area contributed by atoms with Gasteiger partial charge < -0.3 is 14.4 Å². The molecule has 0 atom stereocenters. The Labute approximate surface area is 165 Å². The van der Waals surface area contributed by atoms with Crippen LogP contribution >= 0.6 is 17.0 Å². The number of alkyl halides is 6. The Balaban J connectivity index is 0.00000280. The number of halogens is 7. The number of hydrogen-bond acceptors (Lipinski definition) is 3. The molecule has 2 aromatic rings. The minimum atomic E-state index is -4.86. The predicted octanol–water partition coefficient (Wildman–Crippen LogP) is 5.40. The van der Waals surface area contributed by atoms with Gasteiger partial charge in [0.25, 0.3) is 0 Å². The number of hydrogen-bond donors (Lipinski definition) is 1. The second-order valence-corrected chi connectivity index (χ2v) is 5.73. The molecule has 3 rings (SSSR count). The van der Waals surface area contributed by atoms with E-state index < -0.39 is 24.2 Å². The zero-order valence-electron chi connectivity index (χ0n) is 13.9. The van der Waals surface area contributed by atoms with Gasteiger partial charge in [-0.2, -0.15) is 0 Å². The van der Waals surface area contributed by atoms with Crippen LogP contribution in [-0.4, -0.2) is 23.5 Å². The van der Waals surface area contributed by atoms with Crippen LogP contribution in [-0.2, 0) is 13.1 Å². The van der Waals surface area contributed by atoms with Gasteiger partial charge in [-0.1, -0.05) is 18.2 Å². The fourth-order valence-electron chi connectivity index (χ4n) is 2.78. The molecule has 2 aromatic carbocycles. The lowest BCUT2D eigenvalue weighted by Gasteiger charge is -2.20. The Hall–Kier alpha value is -2.43. The maximum absolute atomic E-state index is 12.5. The van der Waals surface area contributed by atoms with Gasteiger partial charge in [0.15, 0.2) is 0 Å². The molecule has 0 saturated carbocycles. The van der Waals surface area contributed by atoms with Crippen LogP contribution in [0.3, 0.4) is 0 Å². The second kappa shape index (κ2) is 7.90. The number of nitrogens with one attached hydrogen (secondary N) is 1. The standard InChI is InChI=1S/C17H12F6N2O2.BrH/c18-16(19,20)26-12-5-6-13-11(7-12)9-25(15(13)24)8-10-3-1-2-4-14(10)27-17(21,22)23;/h1-7,24H,8-9H2;1H. The molecule has 0 saturated heterocycles. The highest BCUT2D eigenvalue weighted by molar-refractivity contribution is 8.93. The highest BCUT2D eigenvalue weighted by Crippen LogP contribution is 2.33. The summed E-state index contributed by atoms with van der Waals surface area (Å²) in [5, 5.41) is 8.14. The first-order valence-electron chi connectivity index (χ1n) is 7.58. The number of rotatable bonds is 4. The average Bonchev–Trinajstić information content (AvgIpc) is 2.82. The van der Waals surface area contributed by atoms with Crippen molar-refractivity contribution in [1.29, 1.82) is 5.41 Å². The lowest BCUT2D eigenvalue weighted by molar-refractivity contribution is -0.275. The van der Waals surface area contributed by atoms with E-state index in [1.165, 1.54) is 29.2 Å². The average molecular weight is 471 g/mol. The fraction of sp³-hybridized carbons (Fsp3) is 0.235. The summed E-state index contributed by atoms with van der Waals surface area (Å²) in [5.74, 6) is -0.822. The van der Waals surface area contributed by atoms with Gasteiger partial charge in [-0.05, 0) is 29.8 Å². The lowest BCUT2D eigenvalue weighted by Crippen LogP contribution is -2.25. The fourth-order valence-corrected chi connectivity index (χ4v) is 2.78. The van der Waals surface area contributed by atoms with Crippen LogP contribution in [0.1, 0.15) is 16.7 Å². The van der Waals surface area contributed by atoms with E-state index >= 15 is 0 Å². The molecule has 1 N–H and O–H groups in total. The van der Waals surface area contributed by atoms with Crippen molar-refractivity contribution in [3.05, 3.63) is 59.2 Å². The first-order valence-corrected chi connectivity index (χ1v) is 7.58. The van der Waals surface area contributed by atoms with Gasteiger partial charge in [0, 0.05) is 24.2 Å². The van der Waals surface area contributed by atoms with Crippen molar-refractivity contribution in [2.75, 3.05) is 0 Å². The maximum atomic E-state index is 12.5. The summed E-state index contributed by atoms with van der Waals surface area (Å²) < 4.78 is 82.4. The Morgan fingerprint density at radius 2 is 1.57 bits per heavy atom. The van der Waals surface area contributed by atoms with Gasteiger partial charge in [-0.3, -0.25) is 5.41 Å². The third-order valence-corrected chi connectivity index (χ3v) is 3.80. The number of amidine groups is 1. The molecule has 0 aromatic heterocycles. The quantitative estimate of drug-likeness (QED) is 0.608. The van der Waals surface area contributed by atoms with E-state index in [1.807, 2.05) is 0 Å². The van der Waals surface area contributed by atoms with Crippen LogP contribution in [0.2, 0.25) is 0 Å². The lowest BCUT2D eigenvalue weighted by atomic mass is 10.1. The number of nitrogens with zero attached hydrogens (tertiary/aromatic N) is 1. The molecule has 28 heavy (non-hydrogen) atoms. The summed E-state index contributed by atoms with van der Waals surface area (Å²) in [6.45, 7) is -0.0151. The first kappa shape index (κ1) is 21.9. The van der Waals surface area contributed by atoms with Crippen molar-refractivity contribution in [2.24, 2.45) is 0 Å². The zero-order valence-corrected chi connectivity index (χ0v) is 15.6. The normalized spacial score (nSPS) is 13.8. The van der Waals surface area contributed by atoms with Gasteiger partial charge in [0.1, 0.15) is 17.3 Å². The van der Waals surface area contributed by atoms with E-state index in [0.29, 0.717) is 11.1 Å². The molecule has 1 aliphatic heterocycles. The van der Waals surface area contributed by atoms with Crippen LogP contribution in [0.15, 0.2) is 42.5 Å². The third-order valence-electron chi connectivity index (χ3n) is 3.80. The molecule has 4 nitrogen and oxygen atoms in total. The smallest absolute Gasteiger partial charge is 0.406 e. The summed E-state index contributed by atoms with van der Waals surface area (Å²) >= 11 is 0. The largest absolute Gasteiger partial charge is 0.573 e. The molecule has 1 aliphatic rings. The maximum Gasteiger partial charge on any atom is 0.573 e. The van der Waals surface area contributed by atoms with E-state index in [2.05, 4.69) is 9.47 Å². The SMILES string of the molecule is Br.N=C1c2ccc(OC(F)(F)F)cc2CN1Cc1ccccc1OC(F)(F)F. The molecule has 0 unspecified atom stereocenters. The molecule has 11 heteroatoms. The van der Waals surface area contributed by atoms with E-state index in [0.717, 1.165) is 18.2 Å². The van der Waals surface area contributed by atoms with Gasteiger partial charge >= 0.3 is 12.7 Å². The number of para-hydroxylation sites is 1. The molecule has 0 amide bonds. The first-order chi connectivity index (χ1) is 12.5. The van der Waals surface area contributed by atoms with Crippen molar-refractivity contribution in [2.45, 2.75) is 25.8 Å². The Morgan fingerprint density at radius 3 is 2.21 bits per heavy atom. The highest BCUT2D eigenvalue weighted by atomic mass is 79.9. The topological polar surface area (TPSA) is 45.5 Å². The zero-order chi connectivity index (χ0) is 19.8. The van der Waals surface area contributed by atoms with Crippen LogP contribution in [0.25, 0.3) is 0 Å². The molecular formula is C17H13BrF6N2O2. The van der Waals surface area contributed by atoms with Crippen molar-refractivity contribution in [3.63, 3.8) is 0 Å². The second-order valence-electron chi connectivity index (χ2n) is 5.73. The van der Waals surface area contributed by atoms with Crippen LogP contribution in [0.4, 0.5) is 26.3 Å². The predicted molar refractivity (Wildman–Crippen MR) is 92.6 cm³/mol. The van der Waals surface area contributed by atoms with Gasteiger partial charge in [-0.15, -0.1) is 43.3 Å². The van der Waals surface area contributed by atoms with Crippen molar-refractivity contribution >= 4 is 22.8 Å². The summed E-state index contributed by atoms with van der Waals surface area (Å²) in [4.78, 5) is 1.43. The van der Waals surface area contributed by atoms with E-state index in [-0.39, 0.29) is 41.5 Å². The summed E-state index contributed by atoms with van der Waals surface area (Å²) in [5.41, 5.74) is 0.994. The van der Waals surface area contributed by atoms with Crippen molar-refractivity contribution < 1.29 is 35.8 Å². The molecule has 0 radical (unpaired) electrons. The Kier molecular flexibility index (Phi) is 6.17. The van der Waals surface area contributed by atoms with Crippen LogP contribution in [0, 0.1) is 5.41 Å². The number of benzene rings is 2. The minimum absolute atomic E-state index is 0. The molecule has 152 valence electrons. The van der Waals surface area contributed by atoms with Gasteiger partial charge in [0.2, 0.25) is 0 Å². The Bertz CT molecular complexity index is 869. The van der Waals surface area contributed by atoms with Gasteiger partial charge in [0.05, 0.1) is 0 Å². The van der Waals surface area contributed by atoms with E-state index in [4.69, 9.17) is 5.41 Å². The summed E-state index contributed by atoms with van der Waals surface area (Å²) in [6.07, 6.45) is -9.70. The molecule has 0 bridgehead atoms. The van der Waals surface area contributed by atoms with Gasteiger partial charge in [-0.25, -0.2) is 0 Å². The summed E-state index contributed by atoms with van der Waals surface area (Å²) in [7, 11) is 0. The molecule has 0 spiro atoms. The van der Waals surface area contributed by atoms with Crippen molar-refractivity contribution in [3.8, 4) is 11.5 Å². The van der Waals surface area contributed by atoms with E-state index in [1.54, 1.807) is 0 Å². The number of fused-ring (bicyclic) bond motifs is 1. The molecule has 0 fully saturated rings. The summed E-state index contributed by atoms with van der Waals surface area (Å²) in [6, 6.07) is 9.06. The van der Waals surface area contributed by atoms with E-state index in [9.17, 15) is 26.3 Å². The highest BCUT2D eigenvalue weighted by Gasteiger charge is 2.34. The molecular weight excluding hydrogens is 458 g/mol. The van der Waals surface area contributed by atoms with Crippen molar-refractivity contribution in [1.82, 2.24) is 4.90 Å². The van der Waals surface area contributed by atoms with Crippen LogP contribution < -0.4 is 9.47 Å². The van der Waals surface area contributed by atoms with Crippen LogP contribution in [0.5, 0.6) is 11.5 Å². The number of ether oxygens (including phenoxy) is 2. The third kappa shape index (κ3) is 5.31.